The first-order chi connectivity index (χ1) is 11.7. The smallest absolute Gasteiger partial charge is 0.341 e. The lowest BCUT2D eigenvalue weighted by Crippen LogP contribution is -2.20. The van der Waals surface area contributed by atoms with Gasteiger partial charge in [0.25, 0.3) is 0 Å². The van der Waals surface area contributed by atoms with E-state index >= 15 is 0 Å². The number of carboxylic acid groups (broad SMARTS) is 1. The van der Waals surface area contributed by atoms with E-state index in [4.69, 9.17) is 10.8 Å². The van der Waals surface area contributed by atoms with E-state index in [0.717, 1.165) is 0 Å². The highest BCUT2D eigenvalue weighted by molar-refractivity contribution is 5.93. The summed E-state index contributed by atoms with van der Waals surface area (Å²) in [4.78, 5) is 26.8. The van der Waals surface area contributed by atoms with Crippen LogP contribution in [0.3, 0.4) is 0 Å². The summed E-state index contributed by atoms with van der Waals surface area (Å²) >= 11 is 0. The molecule has 3 rings (SSSR count). The van der Waals surface area contributed by atoms with Gasteiger partial charge in [-0.1, -0.05) is 0 Å². The third-order valence-electron chi connectivity index (χ3n) is 3.44. The lowest BCUT2D eigenvalue weighted by atomic mass is 10.1. The summed E-state index contributed by atoms with van der Waals surface area (Å²) in [7, 11) is 0. The number of aromatic nitrogens is 2. The molecule has 6 nitrogen and oxygen atoms in total. The van der Waals surface area contributed by atoms with Crippen LogP contribution in [0.2, 0.25) is 0 Å². The molecule has 2 aromatic heterocycles. The van der Waals surface area contributed by atoms with Crippen molar-refractivity contribution in [3.63, 3.8) is 0 Å². The fourth-order valence-corrected chi connectivity index (χ4v) is 2.29. The highest BCUT2D eigenvalue weighted by Gasteiger charge is 2.20. The number of hydrogen-bond acceptors (Lipinski definition) is 4. The SMILES string of the molecule is Nc1nc(-n2cc(C(=O)O)c(=O)c3cc(F)c(F)cc32)c(F)cc1F. The van der Waals surface area contributed by atoms with Crippen molar-refractivity contribution in [2.24, 2.45) is 0 Å². The van der Waals surface area contributed by atoms with Crippen LogP contribution >= 0.6 is 0 Å². The summed E-state index contributed by atoms with van der Waals surface area (Å²) in [6, 6.07) is 1.45. The maximum Gasteiger partial charge on any atom is 0.341 e. The fourth-order valence-electron chi connectivity index (χ4n) is 2.29. The molecule has 0 bridgehead atoms. The second-order valence-electron chi connectivity index (χ2n) is 4.99. The van der Waals surface area contributed by atoms with Gasteiger partial charge in [-0.3, -0.25) is 9.36 Å². The highest BCUT2D eigenvalue weighted by atomic mass is 19.2. The summed E-state index contributed by atoms with van der Waals surface area (Å²) in [5, 5.41) is 8.58. The lowest BCUT2D eigenvalue weighted by Gasteiger charge is -2.13. The standard InChI is InChI=1S/C15H7F4N3O3/c16-7-1-5-11(3-8(7)17)22(4-6(12(5)23)15(24)25)14-10(19)2-9(18)13(20)21-14/h1-4H,(H2,20,21)(H,24,25). The largest absolute Gasteiger partial charge is 0.477 e. The quantitative estimate of drug-likeness (QED) is 0.689. The summed E-state index contributed by atoms with van der Waals surface area (Å²) < 4.78 is 55.1. The zero-order chi connectivity index (χ0) is 18.5. The number of hydrogen-bond donors (Lipinski definition) is 2. The molecule has 0 spiro atoms. The number of benzene rings is 1. The minimum Gasteiger partial charge on any atom is -0.477 e. The molecule has 0 radical (unpaired) electrons. The summed E-state index contributed by atoms with van der Waals surface area (Å²) in [6.45, 7) is 0. The molecule has 3 aromatic rings. The van der Waals surface area contributed by atoms with Crippen molar-refractivity contribution in [3.8, 4) is 5.82 Å². The Labute approximate surface area is 135 Å². The molecular formula is C15H7F4N3O3. The maximum absolute atomic E-state index is 14.1. The molecule has 3 N–H and O–H groups in total. The number of aromatic carboxylic acids is 1. The Kier molecular flexibility index (Phi) is 3.67. The van der Waals surface area contributed by atoms with Crippen LogP contribution in [0.4, 0.5) is 23.4 Å². The Morgan fingerprint density at radius 2 is 1.68 bits per heavy atom. The van der Waals surface area contributed by atoms with Gasteiger partial charge in [0, 0.05) is 18.3 Å². The Balaban J connectivity index is 2.52. The van der Waals surface area contributed by atoms with E-state index in [1.807, 2.05) is 0 Å². The number of carboxylic acids is 1. The normalized spacial score (nSPS) is 11.0. The number of pyridine rings is 2. The number of fused-ring (bicyclic) bond motifs is 1. The van der Waals surface area contributed by atoms with E-state index in [1.54, 1.807) is 0 Å². The number of nitrogens with zero attached hydrogens (tertiary/aromatic N) is 2. The Morgan fingerprint density at radius 3 is 2.32 bits per heavy atom. The van der Waals surface area contributed by atoms with Crippen molar-refractivity contribution in [2.75, 3.05) is 5.73 Å². The third kappa shape index (κ3) is 2.57. The molecule has 0 atom stereocenters. The first kappa shape index (κ1) is 16.4. The first-order valence-electron chi connectivity index (χ1n) is 6.60. The fraction of sp³-hybridized carbons (Fsp3) is 0. The lowest BCUT2D eigenvalue weighted by molar-refractivity contribution is 0.0695. The second kappa shape index (κ2) is 5.58. The van der Waals surface area contributed by atoms with Crippen molar-refractivity contribution < 1.29 is 27.5 Å². The molecule has 25 heavy (non-hydrogen) atoms. The highest BCUT2D eigenvalue weighted by Crippen LogP contribution is 2.23. The molecule has 0 saturated carbocycles. The summed E-state index contributed by atoms with van der Waals surface area (Å²) in [6.07, 6.45) is 0.674. The van der Waals surface area contributed by atoms with E-state index in [9.17, 15) is 27.2 Å². The minimum atomic E-state index is -1.68. The van der Waals surface area contributed by atoms with E-state index < -0.39 is 57.3 Å². The number of nitrogen functional groups attached to an aromatic ring is 1. The van der Waals surface area contributed by atoms with Gasteiger partial charge in [0.05, 0.1) is 10.9 Å². The Bertz CT molecular complexity index is 1110. The number of carbonyl (C=O) groups is 1. The molecule has 128 valence electrons. The van der Waals surface area contributed by atoms with E-state index in [0.29, 0.717) is 29.0 Å². The van der Waals surface area contributed by atoms with Crippen LogP contribution in [0.15, 0.2) is 29.2 Å². The molecule has 0 aliphatic heterocycles. The number of rotatable bonds is 2. The van der Waals surface area contributed by atoms with Crippen LogP contribution in [0.25, 0.3) is 16.7 Å². The van der Waals surface area contributed by atoms with Gasteiger partial charge >= 0.3 is 5.97 Å². The van der Waals surface area contributed by atoms with E-state index in [1.165, 1.54) is 0 Å². The van der Waals surface area contributed by atoms with Crippen molar-refractivity contribution in [2.45, 2.75) is 0 Å². The molecule has 0 unspecified atom stereocenters. The topological polar surface area (TPSA) is 98.2 Å². The predicted octanol–water partition coefficient (Wildman–Crippen LogP) is 2.22. The molecule has 0 aliphatic carbocycles. The zero-order valence-corrected chi connectivity index (χ0v) is 12.1. The summed E-state index contributed by atoms with van der Waals surface area (Å²) in [5.41, 5.74) is 2.96. The van der Waals surface area contributed by atoms with Crippen molar-refractivity contribution >= 4 is 22.7 Å². The first-order valence-corrected chi connectivity index (χ1v) is 6.60. The van der Waals surface area contributed by atoms with Crippen molar-refractivity contribution in [1.29, 1.82) is 0 Å². The molecule has 0 saturated heterocycles. The molecular weight excluding hydrogens is 346 g/mol. The van der Waals surface area contributed by atoms with Crippen molar-refractivity contribution in [1.82, 2.24) is 9.55 Å². The van der Waals surface area contributed by atoms with Crippen LogP contribution in [0.1, 0.15) is 10.4 Å². The van der Waals surface area contributed by atoms with Gasteiger partial charge in [-0.05, 0) is 6.07 Å². The Hall–Kier alpha value is -3.43. The van der Waals surface area contributed by atoms with Gasteiger partial charge in [-0.25, -0.2) is 27.3 Å². The van der Waals surface area contributed by atoms with Crippen LogP contribution in [0.5, 0.6) is 0 Å². The molecule has 10 heteroatoms. The van der Waals surface area contributed by atoms with Gasteiger partial charge < -0.3 is 10.8 Å². The van der Waals surface area contributed by atoms with Crippen LogP contribution in [-0.4, -0.2) is 20.6 Å². The van der Waals surface area contributed by atoms with Gasteiger partial charge in [0.15, 0.2) is 34.9 Å². The number of nitrogens with two attached hydrogens (primary N) is 1. The Morgan fingerprint density at radius 1 is 1.04 bits per heavy atom. The number of halogens is 4. The van der Waals surface area contributed by atoms with Crippen LogP contribution in [-0.2, 0) is 0 Å². The van der Waals surface area contributed by atoms with Crippen LogP contribution in [0, 0.1) is 23.3 Å². The van der Waals surface area contributed by atoms with E-state index in [-0.39, 0.29) is 5.52 Å². The minimum absolute atomic E-state index is 0.369. The average Bonchev–Trinajstić information content (AvgIpc) is 2.53. The second-order valence-corrected chi connectivity index (χ2v) is 4.99. The molecule has 0 amide bonds. The molecule has 0 aliphatic rings. The zero-order valence-electron chi connectivity index (χ0n) is 12.1. The maximum atomic E-state index is 14.1. The monoisotopic (exact) mass is 353 g/mol. The molecule has 1 aromatic carbocycles. The average molecular weight is 353 g/mol. The van der Waals surface area contributed by atoms with E-state index in [2.05, 4.69) is 4.98 Å². The van der Waals surface area contributed by atoms with Crippen LogP contribution < -0.4 is 11.2 Å². The predicted molar refractivity (Wildman–Crippen MR) is 78.5 cm³/mol. The summed E-state index contributed by atoms with van der Waals surface area (Å²) in [5.74, 6) is -8.24. The third-order valence-corrected chi connectivity index (χ3v) is 3.44. The molecule has 0 fully saturated rings. The van der Waals surface area contributed by atoms with Gasteiger partial charge in [-0.15, -0.1) is 0 Å². The molecule has 2 heterocycles. The van der Waals surface area contributed by atoms with Gasteiger partial charge in [0.2, 0.25) is 5.43 Å². The number of anilines is 1. The van der Waals surface area contributed by atoms with Crippen molar-refractivity contribution in [3.05, 3.63) is 63.5 Å². The van der Waals surface area contributed by atoms with Gasteiger partial charge in [0.1, 0.15) is 5.56 Å². The van der Waals surface area contributed by atoms with Gasteiger partial charge in [-0.2, -0.15) is 0 Å².